The number of carboxylic acids is 1. The van der Waals surface area contributed by atoms with E-state index in [1.165, 1.54) is 6.20 Å². The fourth-order valence-corrected chi connectivity index (χ4v) is 5.65. The van der Waals surface area contributed by atoms with Crippen LogP contribution < -0.4 is 10.2 Å². The van der Waals surface area contributed by atoms with Gasteiger partial charge in [0, 0.05) is 26.2 Å². The number of pyridine rings is 1. The highest BCUT2D eigenvalue weighted by molar-refractivity contribution is 5.93. The van der Waals surface area contributed by atoms with Crippen LogP contribution in [0.4, 0.5) is 16.0 Å². The van der Waals surface area contributed by atoms with Crippen LogP contribution in [0.25, 0.3) is 0 Å². The summed E-state index contributed by atoms with van der Waals surface area (Å²) in [6.07, 6.45) is 2.88. The van der Waals surface area contributed by atoms with E-state index < -0.39 is 17.7 Å². The number of anilines is 2. The third-order valence-corrected chi connectivity index (χ3v) is 7.67. The Morgan fingerprint density at radius 1 is 1.21 bits per heavy atom. The van der Waals surface area contributed by atoms with Crippen molar-refractivity contribution in [3.8, 4) is 0 Å². The molecule has 2 unspecified atom stereocenters. The van der Waals surface area contributed by atoms with Crippen molar-refractivity contribution in [3.63, 3.8) is 0 Å². The summed E-state index contributed by atoms with van der Waals surface area (Å²) in [7, 11) is 0. The van der Waals surface area contributed by atoms with Crippen LogP contribution in [0.2, 0.25) is 0 Å². The fraction of sp³-hybridized carbons (Fsp3) is 0.607. The number of aromatic carboxylic acids is 1. The van der Waals surface area contributed by atoms with E-state index in [2.05, 4.69) is 20.2 Å². The Bertz CT molecular complexity index is 1190. The molecule has 2 aliphatic rings. The lowest BCUT2D eigenvalue weighted by atomic mass is 9.97. The molecule has 2 N–H and O–H groups in total. The highest BCUT2D eigenvalue weighted by Crippen LogP contribution is 2.30. The maximum absolute atomic E-state index is 13.6. The molecule has 1 aliphatic heterocycles. The number of nitrogens with zero attached hydrogens (tertiary/aromatic N) is 5. The van der Waals surface area contributed by atoms with E-state index in [9.17, 15) is 19.1 Å². The summed E-state index contributed by atoms with van der Waals surface area (Å²) in [6.45, 7) is 13.8. The van der Waals surface area contributed by atoms with Gasteiger partial charge in [-0.2, -0.15) is 0 Å². The van der Waals surface area contributed by atoms with Crippen molar-refractivity contribution in [2.45, 2.75) is 78.4 Å². The highest BCUT2D eigenvalue weighted by atomic mass is 19.1. The lowest BCUT2D eigenvalue weighted by molar-refractivity contribution is 0.0506. The summed E-state index contributed by atoms with van der Waals surface area (Å²) in [5, 5.41) is 12.8. The van der Waals surface area contributed by atoms with Crippen molar-refractivity contribution in [1.29, 1.82) is 0 Å². The minimum Gasteiger partial charge on any atom is -0.478 e. The van der Waals surface area contributed by atoms with E-state index in [1.54, 1.807) is 19.9 Å². The Kier molecular flexibility index (Phi) is 7.90. The fourth-order valence-electron chi connectivity index (χ4n) is 5.65. The summed E-state index contributed by atoms with van der Waals surface area (Å²) < 4.78 is 13.6. The summed E-state index contributed by atoms with van der Waals surface area (Å²) in [6, 6.07) is 1.80. The first-order valence-electron chi connectivity index (χ1n) is 13.4. The molecule has 0 radical (unpaired) electrons. The van der Waals surface area contributed by atoms with E-state index in [1.807, 2.05) is 32.6 Å². The van der Waals surface area contributed by atoms with Crippen LogP contribution >= 0.6 is 0 Å². The number of hydrogen-bond donors (Lipinski definition) is 2. The van der Waals surface area contributed by atoms with Gasteiger partial charge in [0.25, 0.3) is 5.91 Å². The van der Waals surface area contributed by atoms with Gasteiger partial charge in [-0.3, -0.25) is 4.79 Å². The molecule has 2 fully saturated rings. The van der Waals surface area contributed by atoms with Crippen LogP contribution in [-0.4, -0.2) is 74.7 Å². The van der Waals surface area contributed by atoms with Gasteiger partial charge in [0.15, 0.2) is 0 Å². The van der Waals surface area contributed by atoms with E-state index in [-0.39, 0.29) is 23.3 Å². The molecule has 0 spiro atoms. The smallest absolute Gasteiger partial charge is 0.337 e. The van der Waals surface area contributed by atoms with Crippen LogP contribution in [0.5, 0.6) is 0 Å². The summed E-state index contributed by atoms with van der Waals surface area (Å²) >= 11 is 0. The SMILES string of the molecule is Cc1cc(N2CCN(C(=O)c3cnc(NCC4CCC(F)C4)c(C(C)C)n3)C(C)(C)C2)nc(C)c1C(=O)O. The molecule has 38 heavy (non-hydrogen) atoms. The molecule has 2 aromatic heterocycles. The van der Waals surface area contributed by atoms with E-state index in [0.29, 0.717) is 67.6 Å². The molecule has 10 heteroatoms. The maximum atomic E-state index is 13.6. The molecule has 2 atom stereocenters. The second-order valence-corrected chi connectivity index (χ2v) is 11.6. The zero-order chi connectivity index (χ0) is 27.8. The van der Waals surface area contributed by atoms with Crippen LogP contribution in [0.1, 0.15) is 90.7 Å². The van der Waals surface area contributed by atoms with Gasteiger partial charge >= 0.3 is 5.97 Å². The van der Waals surface area contributed by atoms with Crippen LogP contribution in [0.15, 0.2) is 12.3 Å². The molecule has 1 saturated carbocycles. The van der Waals surface area contributed by atoms with Crippen LogP contribution in [0.3, 0.4) is 0 Å². The third kappa shape index (κ3) is 5.73. The van der Waals surface area contributed by atoms with Gasteiger partial charge in [-0.15, -0.1) is 0 Å². The quantitative estimate of drug-likeness (QED) is 0.538. The number of rotatable bonds is 7. The van der Waals surface area contributed by atoms with Gasteiger partial charge in [-0.1, -0.05) is 13.8 Å². The lowest BCUT2D eigenvalue weighted by Crippen LogP contribution is -2.61. The molecular formula is C28H39FN6O3. The number of alkyl halides is 1. The Labute approximate surface area is 223 Å². The van der Waals surface area contributed by atoms with Gasteiger partial charge in [-0.25, -0.2) is 24.1 Å². The van der Waals surface area contributed by atoms with Crippen molar-refractivity contribution in [2.24, 2.45) is 5.92 Å². The molecule has 1 amide bonds. The van der Waals surface area contributed by atoms with Gasteiger partial charge in [0.2, 0.25) is 0 Å². The molecular weight excluding hydrogens is 487 g/mol. The Morgan fingerprint density at radius 3 is 2.53 bits per heavy atom. The van der Waals surface area contributed by atoms with Crippen LogP contribution in [0, 0.1) is 19.8 Å². The number of amides is 1. The predicted octanol–water partition coefficient (Wildman–Crippen LogP) is 4.60. The first kappa shape index (κ1) is 27.7. The Morgan fingerprint density at radius 2 is 1.95 bits per heavy atom. The normalized spacial score (nSPS) is 21.2. The second kappa shape index (κ2) is 10.8. The number of carbonyl (C=O) groups excluding carboxylic acids is 1. The summed E-state index contributed by atoms with van der Waals surface area (Å²) in [5.74, 6) is 0.561. The van der Waals surface area contributed by atoms with Crippen molar-refractivity contribution < 1.29 is 19.1 Å². The number of hydrogen-bond acceptors (Lipinski definition) is 7. The zero-order valence-corrected chi connectivity index (χ0v) is 23.2. The van der Waals surface area contributed by atoms with E-state index in [4.69, 9.17) is 4.98 Å². The average molecular weight is 527 g/mol. The van der Waals surface area contributed by atoms with Crippen molar-refractivity contribution in [3.05, 3.63) is 40.5 Å². The molecule has 0 bridgehead atoms. The number of carbonyl (C=O) groups is 2. The van der Waals surface area contributed by atoms with Gasteiger partial charge < -0.3 is 20.2 Å². The van der Waals surface area contributed by atoms with Gasteiger partial charge in [0.05, 0.1) is 28.7 Å². The molecule has 2 aromatic rings. The Hall–Kier alpha value is -3.30. The first-order valence-corrected chi connectivity index (χ1v) is 13.4. The third-order valence-electron chi connectivity index (χ3n) is 7.67. The molecule has 1 saturated heterocycles. The molecule has 9 nitrogen and oxygen atoms in total. The average Bonchev–Trinajstić information content (AvgIpc) is 3.25. The van der Waals surface area contributed by atoms with E-state index >= 15 is 0 Å². The second-order valence-electron chi connectivity index (χ2n) is 11.6. The lowest BCUT2D eigenvalue weighted by Gasteiger charge is -2.47. The summed E-state index contributed by atoms with van der Waals surface area (Å²) in [4.78, 5) is 43.0. The van der Waals surface area contributed by atoms with Gasteiger partial charge in [0.1, 0.15) is 23.5 Å². The molecule has 1 aliphatic carbocycles. The van der Waals surface area contributed by atoms with Crippen molar-refractivity contribution >= 4 is 23.5 Å². The minimum atomic E-state index is -0.982. The molecule has 3 heterocycles. The number of carboxylic acid groups (broad SMARTS) is 1. The van der Waals surface area contributed by atoms with Crippen molar-refractivity contribution in [1.82, 2.24) is 19.9 Å². The highest BCUT2D eigenvalue weighted by Gasteiger charge is 2.38. The molecule has 4 rings (SSSR count). The Balaban J connectivity index is 1.49. The predicted molar refractivity (Wildman–Crippen MR) is 145 cm³/mol. The van der Waals surface area contributed by atoms with Gasteiger partial charge in [-0.05, 0) is 70.4 Å². The monoisotopic (exact) mass is 526 g/mol. The van der Waals surface area contributed by atoms with Crippen molar-refractivity contribution in [2.75, 3.05) is 36.4 Å². The number of halogens is 1. The standard InChI is InChI=1S/C28H39FN6O3/c1-16(2)24-25(30-13-19-7-8-20(29)12-19)31-14-21(33-24)26(36)35-10-9-34(15-28(35,5)6)22-11-17(3)23(27(37)38)18(4)32-22/h11,14,16,19-20H,7-10,12-13,15H2,1-6H3,(H,30,31)(H,37,38). The minimum absolute atomic E-state index is 0.0615. The largest absolute Gasteiger partial charge is 0.478 e. The first-order chi connectivity index (χ1) is 17.9. The number of aromatic nitrogens is 3. The zero-order valence-electron chi connectivity index (χ0n) is 23.2. The molecule has 0 aromatic carbocycles. The number of piperazine rings is 1. The van der Waals surface area contributed by atoms with E-state index in [0.717, 1.165) is 12.1 Å². The number of nitrogens with one attached hydrogen (secondary N) is 1. The topological polar surface area (TPSA) is 112 Å². The number of aryl methyl sites for hydroxylation is 2. The van der Waals surface area contributed by atoms with Crippen LogP contribution in [-0.2, 0) is 0 Å². The maximum Gasteiger partial charge on any atom is 0.337 e. The summed E-state index contributed by atoms with van der Waals surface area (Å²) in [5.41, 5.74) is 1.89. The molecule has 206 valence electrons.